The average molecular weight is 255 g/mol. The molecule has 7 heteroatoms. The van der Waals surface area contributed by atoms with Gasteiger partial charge in [-0.25, -0.2) is 10.4 Å². The van der Waals surface area contributed by atoms with E-state index in [0.717, 1.165) is 25.0 Å². The van der Waals surface area contributed by atoms with Crippen LogP contribution in [0, 0.1) is 0 Å². The molecule has 0 aliphatic carbocycles. The summed E-state index contributed by atoms with van der Waals surface area (Å²) in [6.07, 6.45) is 6.40. The average Bonchev–Trinajstić information content (AvgIpc) is 2.85. The highest BCUT2D eigenvalue weighted by atomic mass is 16.4. The minimum Gasteiger partial charge on any atom is -0.480 e. The lowest BCUT2D eigenvalue weighted by Gasteiger charge is -2.14. The number of carbonyl (C=O) groups is 1. The van der Waals surface area contributed by atoms with E-state index in [0.29, 0.717) is 19.5 Å². The zero-order chi connectivity index (χ0) is 13.2. The van der Waals surface area contributed by atoms with Crippen molar-refractivity contribution in [3.8, 4) is 0 Å². The van der Waals surface area contributed by atoms with Crippen LogP contribution in [0.1, 0.15) is 25.0 Å². The van der Waals surface area contributed by atoms with Crippen LogP contribution in [-0.4, -0.2) is 40.2 Å². The highest BCUT2D eigenvalue weighted by molar-refractivity contribution is 5.73. The van der Waals surface area contributed by atoms with Crippen molar-refractivity contribution >= 4 is 5.97 Å². The predicted molar refractivity (Wildman–Crippen MR) is 67.8 cm³/mol. The Hall–Kier alpha value is -1.44. The summed E-state index contributed by atoms with van der Waals surface area (Å²) in [5, 5.41) is 9.00. The number of unbranched alkanes of at least 4 members (excludes halogenated alkanes) is 1. The van der Waals surface area contributed by atoms with E-state index >= 15 is 0 Å². The van der Waals surface area contributed by atoms with Gasteiger partial charge in [0.15, 0.2) is 0 Å². The summed E-state index contributed by atoms with van der Waals surface area (Å²) in [7, 11) is 0. The first-order valence-electron chi connectivity index (χ1n) is 6.13. The van der Waals surface area contributed by atoms with Crippen molar-refractivity contribution < 1.29 is 9.90 Å². The second kappa shape index (κ2) is 8.62. The van der Waals surface area contributed by atoms with Crippen molar-refractivity contribution in [2.75, 3.05) is 13.1 Å². The maximum absolute atomic E-state index is 11.0. The van der Waals surface area contributed by atoms with Crippen LogP contribution in [0.5, 0.6) is 0 Å². The molecule has 0 unspecified atom stereocenters. The third-order valence-electron chi connectivity index (χ3n) is 2.58. The molecule has 0 radical (unpaired) electrons. The first kappa shape index (κ1) is 14.6. The van der Waals surface area contributed by atoms with Gasteiger partial charge in [-0.3, -0.25) is 10.2 Å². The summed E-state index contributed by atoms with van der Waals surface area (Å²) < 4.78 is 0. The van der Waals surface area contributed by atoms with E-state index in [1.54, 1.807) is 6.33 Å². The van der Waals surface area contributed by atoms with E-state index in [1.807, 2.05) is 6.20 Å². The number of aliphatic carboxylic acids is 1. The highest BCUT2D eigenvalue weighted by Crippen LogP contribution is 1.99. The zero-order valence-corrected chi connectivity index (χ0v) is 10.4. The van der Waals surface area contributed by atoms with Crippen molar-refractivity contribution in [1.82, 2.24) is 20.8 Å². The largest absolute Gasteiger partial charge is 0.480 e. The standard InChI is InChI=1S/C11H21N5O2/c12-5-2-1-3-10(11(17)18)16-15-6-4-9-7-13-8-14-9/h7-8,10,15-16H,1-6,12H2,(H,13,14)(H,17,18)/t10-/m0/s1. The van der Waals surface area contributed by atoms with E-state index in [9.17, 15) is 4.79 Å². The lowest BCUT2D eigenvalue weighted by atomic mass is 10.1. The Morgan fingerprint density at radius 3 is 3.00 bits per heavy atom. The van der Waals surface area contributed by atoms with Crippen LogP contribution in [0.2, 0.25) is 0 Å². The Kier molecular flexibility index (Phi) is 7.00. The van der Waals surface area contributed by atoms with Gasteiger partial charge in [-0.05, 0) is 25.8 Å². The summed E-state index contributed by atoms with van der Waals surface area (Å²) in [4.78, 5) is 17.9. The molecule has 0 saturated heterocycles. The summed E-state index contributed by atoms with van der Waals surface area (Å²) >= 11 is 0. The van der Waals surface area contributed by atoms with E-state index in [4.69, 9.17) is 10.8 Å². The van der Waals surface area contributed by atoms with Crippen LogP contribution >= 0.6 is 0 Å². The second-order valence-corrected chi connectivity index (χ2v) is 4.06. The van der Waals surface area contributed by atoms with Crippen LogP contribution in [0.3, 0.4) is 0 Å². The Bertz CT molecular complexity index is 328. The molecule has 1 heterocycles. The number of hydrogen-bond acceptors (Lipinski definition) is 5. The SMILES string of the molecule is NCCCC[C@H](NNCCc1c[nH]cn1)C(=O)O. The number of hydrazine groups is 1. The fraction of sp³-hybridized carbons (Fsp3) is 0.636. The fourth-order valence-electron chi connectivity index (χ4n) is 1.56. The number of aromatic nitrogens is 2. The van der Waals surface area contributed by atoms with Crippen LogP contribution < -0.4 is 16.6 Å². The molecule has 6 N–H and O–H groups in total. The number of H-pyrrole nitrogens is 1. The maximum atomic E-state index is 11.0. The molecule has 0 aliphatic heterocycles. The first-order valence-corrected chi connectivity index (χ1v) is 6.13. The number of carboxylic acid groups (broad SMARTS) is 1. The van der Waals surface area contributed by atoms with Crippen molar-refractivity contribution in [3.05, 3.63) is 18.2 Å². The monoisotopic (exact) mass is 255 g/mol. The van der Waals surface area contributed by atoms with Gasteiger partial charge in [0.2, 0.25) is 0 Å². The molecular formula is C11H21N5O2. The normalized spacial score (nSPS) is 12.5. The predicted octanol–water partition coefficient (Wildman–Crippen LogP) is -0.371. The van der Waals surface area contributed by atoms with E-state index < -0.39 is 12.0 Å². The molecule has 0 aliphatic rings. The lowest BCUT2D eigenvalue weighted by molar-refractivity contribution is -0.140. The Labute approximate surface area is 106 Å². The molecule has 1 rings (SSSR count). The number of rotatable bonds is 10. The van der Waals surface area contributed by atoms with Crippen LogP contribution in [0.4, 0.5) is 0 Å². The van der Waals surface area contributed by atoms with Gasteiger partial charge in [0.1, 0.15) is 6.04 Å². The number of aromatic amines is 1. The summed E-state index contributed by atoms with van der Waals surface area (Å²) in [5.74, 6) is -0.848. The van der Waals surface area contributed by atoms with Crippen LogP contribution in [0.25, 0.3) is 0 Å². The van der Waals surface area contributed by atoms with Gasteiger partial charge < -0.3 is 15.8 Å². The summed E-state index contributed by atoms with van der Waals surface area (Å²) in [5.41, 5.74) is 12.0. The summed E-state index contributed by atoms with van der Waals surface area (Å²) in [6, 6.07) is -0.573. The third-order valence-corrected chi connectivity index (χ3v) is 2.58. The molecule has 0 amide bonds. The molecule has 18 heavy (non-hydrogen) atoms. The summed E-state index contributed by atoms with van der Waals surface area (Å²) in [6.45, 7) is 1.23. The maximum Gasteiger partial charge on any atom is 0.322 e. The quantitative estimate of drug-likeness (QED) is 0.288. The molecule has 0 bridgehead atoms. The van der Waals surface area contributed by atoms with Gasteiger partial charge in [-0.2, -0.15) is 0 Å². The van der Waals surface area contributed by atoms with Gasteiger partial charge in [0.05, 0.1) is 12.0 Å². The smallest absolute Gasteiger partial charge is 0.322 e. The van der Waals surface area contributed by atoms with E-state index in [-0.39, 0.29) is 0 Å². The highest BCUT2D eigenvalue weighted by Gasteiger charge is 2.15. The number of imidazole rings is 1. The molecule has 0 saturated carbocycles. The van der Waals surface area contributed by atoms with Crippen molar-refractivity contribution in [2.45, 2.75) is 31.7 Å². The van der Waals surface area contributed by atoms with Crippen molar-refractivity contribution in [1.29, 1.82) is 0 Å². The van der Waals surface area contributed by atoms with Crippen LogP contribution in [-0.2, 0) is 11.2 Å². The van der Waals surface area contributed by atoms with Gasteiger partial charge in [0.25, 0.3) is 0 Å². The van der Waals surface area contributed by atoms with Crippen LogP contribution in [0.15, 0.2) is 12.5 Å². The Balaban J connectivity index is 2.14. The Morgan fingerprint density at radius 2 is 2.39 bits per heavy atom. The van der Waals surface area contributed by atoms with E-state index in [1.165, 1.54) is 0 Å². The minimum atomic E-state index is -0.848. The zero-order valence-electron chi connectivity index (χ0n) is 10.4. The molecule has 0 aromatic carbocycles. The molecule has 102 valence electrons. The minimum absolute atomic E-state index is 0.571. The van der Waals surface area contributed by atoms with Gasteiger partial charge in [-0.15, -0.1) is 0 Å². The van der Waals surface area contributed by atoms with Gasteiger partial charge >= 0.3 is 5.97 Å². The number of nitrogens with two attached hydrogens (primary N) is 1. The molecule has 1 aromatic heterocycles. The third kappa shape index (κ3) is 5.76. The topological polar surface area (TPSA) is 116 Å². The number of nitrogens with one attached hydrogen (secondary N) is 3. The molecule has 7 nitrogen and oxygen atoms in total. The first-order chi connectivity index (χ1) is 8.74. The molecule has 0 spiro atoms. The van der Waals surface area contributed by atoms with Crippen molar-refractivity contribution in [2.24, 2.45) is 5.73 Å². The number of nitrogens with zero attached hydrogens (tertiary/aromatic N) is 1. The molecule has 1 aromatic rings. The Morgan fingerprint density at radius 1 is 1.56 bits per heavy atom. The lowest BCUT2D eigenvalue weighted by Crippen LogP contribution is -2.46. The fourth-order valence-corrected chi connectivity index (χ4v) is 1.56. The van der Waals surface area contributed by atoms with Gasteiger partial charge in [-0.1, -0.05) is 0 Å². The molecule has 0 fully saturated rings. The molecular weight excluding hydrogens is 234 g/mol. The number of carboxylic acids is 1. The van der Waals surface area contributed by atoms with Gasteiger partial charge in [0, 0.05) is 19.2 Å². The molecule has 1 atom stereocenters. The van der Waals surface area contributed by atoms with Crippen molar-refractivity contribution in [3.63, 3.8) is 0 Å². The number of hydrogen-bond donors (Lipinski definition) is 5. The second-order valence-electron chi connectivity index (χ2n) is 4.06. The van der Waals surface area contributed by atoms with E-state index in [2.05, 4.69) is 20.8 Å².